The maximum absolute atomic E-state index is 5.37. The summed E-state index contributed by atoms with van der Waals surface area (Å²) in [5.41, 5.74) is 0.996. The van der Waals surface area contributed by atoms with Crippen LogP contribution >= 0.6 is 11.8 Å². The predicted molar refractivity (Wildman–Crippen MR) is 88.4 cm³/mol. The molecular formula is C15H20N4OS. The van der Waals surface area contributed by atoms with E-state index in [1.54, 1.807) is 11.8 Å². The Balaban J connectivity index is 2.16. The van der Waals surface area contributed by atoms with E-state index in [2.05, 4.69) is 39.0 Å². The number of nitrogens with one attached hydrogen (secondary N) is 2. The number of benzene rings is 1. The third-order valence-corrected chi connectivity index (χ3v) is 3.57. The van der Waals surface area contributed by atoms with Gasteiger partial charge in [0, 0.05) is 30.3 Å². The molecule has 1 aromatic carbocycles. The SMILES string of the molecule is CCOCc1nc(NC)cc(Nc2ccc(SC)cc2)n1. The normalized spacial score (nSPS) is 10.4. The van der Waals surface area contributed by atoms with Crippen LogP contribution in [0.4, 0.5) is 17.3 Å². The molecule has 2 N–H and O–H groups in total. The van der Waals surface area contributed by atoms with Crippen molar-refractivity contribution in [3.8, 4) is 0 Å². The van der Waals surface area contributed by atoms with Crippen LogP contribution in [-0.2, 0) is 11.3 Å². The Hall–Kier alpha value is -1.79. The fourth-order valence-corrected chi connectivity index (χ4v) is 2.18. The van der Waals surface area contributed by atoms with Crippen molar-refractivity contribution in [1.29, 1.82) is 0 Å². The van der Waals surface area contributed by atoms with E-state index >= 15 is 0 Å². The number of hydrogen-bond donors (Lipinski definition) is 2. The zero-order chi connectivity index (χ0) is 15.1. The number of hydrogen-bond acceptors (Lipinski definition) is 6. The number of anilines is 3. The van der Waals surface area contributed by atoms with E-state index in [1.165, 1.54) is 4.90 Å². The molecule has 6 heteroatoms. The van der Waals surface area contributed by atoms with Gasteiger partial charge in [-0.2, -0.15) is 0 Å². The summed E-state index contributed by atoms with van der Waals surface area (Å²) in [6.07, 6.45) is 2.06. The van der Waals surface area contributed by atoms with Gasteiger partial charge in [-0.1, -0.05) is 0 Å². The molecule has 1 aromatic heterocycles. The van der Waals surface area contributed by atoms with Crippen LogP contribution in [-0.4, -0.2) is 29.9 Å². The van der Waals surface area contributed by atoms with Crippen LogP contribution in [0.3, 0.4) is 0 Å². The van der Waals surface area contributed by atoms with Crippen LogP contribution < -0.4 is 10.6 Å². The van der Waals surface area contributed by atoms with Crippen molar-refractivity contribution < 1.29 is 4.74 Å². The molecule has 112 valence electrons. The van der Waals surface area contributed by atoms with E-state index in [9.17, 15) is 0 Å². The highest BCUT2D eigenvalue weighted by molar-refractivity contribution is 7.98. The molecular weight excluding hydrogens is 284 g/mol. The maximum atomic E-state index is 5.37. The molecule has 0 radical (unpaired) electrons. The first-order valence-electron chi connectivity index (χ1n) is 6.79. The summed E-state index contributed by atoms with van der Waals surface area (Å²) < 4.78 is 5.37. The van der Waals surface area contributed by atoms with E-state index in [0.29, 0.717) is 19.0 Å². The Labute approximate surface area is 129 Å². The fourth-order valence-electron chi connectivity index (χ4n) is 1.77. The van der Waals surface area contributed by atoms with Crippen LogP contribution in [0.5, 0.6) is 0 Å². The van der Waals surface area contributed by atoms with Crippen molar-refractivity contribution in [3.63, 3.8) is 0 Å². The lowest BCUT2D eigenvalue weighted by Crippen LogP contribution is -2.05. The number of aromatic nitrogens is 2. The summed E-state index contributed by atoms with van der Waals surface area (Å²) in [5, 5.41) is 6.33. The summed E-state index contributed by atoms with van der Waals surface area (Å²) in [5.74, 6) is 2.18. The van der Waals surface area contributed by atoms with Gasteiger partial charge in [-0.25, -0.2) is 9.97 Å². The van der Waals surface area contributed by atoms with Crippen LogP contribution in [0.25, 0.3) is 0 Å². The lowest BCUT2D eigenvalue weighted by atomic mass is 10.3. The predicted octanol–water partition coefficient (Wildman–Crippen LogP) is 3.52. The van der Waals surface area contributed by atoms with E-state index in [0.717, 1.165) is 17.3 Å². The van der Waals surface area contributed by atoms with Gasteiger partial charge in [0.1, 0.15) is 18.2 Å². The second-order valence-electron chi connectivity index (χ2n) is 4.30. The average Bonchev–Trinajstić information content (AvgIpc) is 2.53. The second-order valence-corrected chi connectivity index (χ2v) is 5.17. The van der Waals surface area contributed by atoms with E-state index in [1.807, 2.05) is 32.2 Å². The number of ether oxygens (including phenoxy) is 1. The van der Waals surface area contributed by atoms with Crippen molar-refractivity contribution >= 4 is 29.1 Å². The first-order valence-corrected chi connectivity index (χ1v) is 8.02. The zero-order valence-corrected chi connectivity index (χ0v) is 13.3. The highest BCUT2D eigenvalue weighted by Gasteiger charge is 2.04. The van der Waals surface area contributed by atoms with Gasteiger partial charge in [-0.15, -0.1) is 11.8 Å². The molecule has 21 heavy (non-hydrogen) atoms. The summed E-state index contributed by atoms with van der Waals surface area (Å²) >= 11 is 1.72. The molecule has 2 aromatic rings. The summed E-state index contributed by atoms with van der Waals surface area (Å²) in [7, 11) is 1.84. The standard InChI is InChI=1S/C15H20N4OS/c1-4-20-10-15-18-13(16-2)9-14(19-15)17-11-5-7-12(21-3)8-6-11/h5-9H,4,10H2,1-3H3,(H2,16,17,18,19). The molecule has 2 rings (SSSR count). The number of thioether (sulfide) groups is 1. The fraction of sp³-hybridized carbons (Fsp3) is 0.333. The second kappa shape index (κ2) is 7.85. The molecule has 0 unspecified atom stereocenters. The summed E-state index contributed by atoms with van der Waals surface area (Å²) in [6.45, 7) is 3.01. The Morgan fingerprint density at radius 2 is 1.86 bits per heavy atom. The minimum absolute atomic E-state index is 0.409. The smallest absolute Gasteiger partial charge is 0.158 e. The molecule has 0 spiro atoms. The highest BCUT2D eigenvalue weighted by atomic mass is 32.2. The summed E-state index contributed by atoms with van der Waals surface area (Å²) in [6, 6.07) is 10.1. The van der Waals surface area contributed by atoms with Crippen molar-refractivity contribution in [3.05, 3.63) is 36.2 Å². The third kappa shape index (κ3) is 4.61. The molecule has 0 aliphatic heterocycles. The van der Waals surface area contributed by atoms with Gasteiger partial charge in [0.2, 0.25) is 0 Å². The highest BCUT2D eigenvalue weighted by Crippen LogP contribution is 2.21. The molecule has 0 fully saturated rings. The van der Waals surface area contributed by atoms with Crippen LogP contribution in [0.1, 0.15) is 12.7 Å². The molecule has 0 saturated heterocycles. The molecule has 0 saturated carbocycles. The largest absolute Gasteiger partial charge is 0.374 e. The molecule has 5 nitrogen and oxygen atoms in total. The van der Waals surface area contributed by atoms with E-state index in [4.69, 9.17) is 4.74 Å². The first kappa shape index (κ1) is 15.6. The first-order chi connectivity index (χ1) is 10.2. The lowest BCUT2D eigenvalue weighted by molar-refractivity contribution is 0.128. The van der Waals surface area contributed by atoms with Gasteiger partial charge in [-0.05, 0) is 37.4 Å². The van der Waals surface area contributed by atoms with Crippen molar-refractivity contribution in [2.45, 2.75) is 18.4 Å². The number of nitrogens with zero attached hydrogens (tertiary/aromatic N) is 2. The van der Waals surface area contributed by atoms with Gasteiger partial charge in [0.15, 0.2) is 5.82 Å². The molecule has 0 aliphatic carbocycles. The number of rotatable bonds is 7. The Morgan fingerprint density at radius 3 is 2.48 bits per heavy atom. The van der Waals surface area contributed by atoms with Gasteiger partial charge >= 0.3 is 0 Å². The maximum Gasteiger partial charge on any atom is 0.158 e. The van der Waals surface area contributed by atoms with E-state index in [-0.39, 0.29) is 0 Å². The quantitative estimate of drug-likeness (QED) is 0.763. The Kier molecular flexibility index (Phi) is 5.83. The van der Waals surface area contributed by atoms with Gasteiger partial charge < -0.3 is 15.4 Å². The van der Waals surface area contributed by atoms with Crippen LogP contribution in [0.15, 0.2) is 35.2 Å². The monoisotopic (exact) mass is 304 g/mol. The molecule has 0 atom stereocenters. The minimum atomic E-state index is 0.409. The Bertz CT molecular complexity index is 574. The summed E-state index contributed by atoms with van der Waals surface area (Å²) in [4.78, 5) is 10.1. The molecule has 0 aliphatic rings. The minimum Gasteiger partial charge on any atom is -0.374 e. The molecule has 0 amide bonds. The lowest BCUT2D eigenvalue weighted by Gasteiger charge is -2.10. The van der Waals surface area contributed by atoms with Crippen molar-refractivity contribution in [1.82, 2.24) is 9.97 Å². The molecule has 1 heterocycles. The van der Waals surface area contributed by atoms with Crippen LogP contribution in [0.2, 0.25) is 0 Å². The van der Waals surface area contributed by atoms with Gasteiger partial charge in [0.05, 0.1) is 0 Å². The van der Waals surface area contributed by atoms with Crippen molar-refractivity contribution in [2.24, 2.45) is 0 Å². The molecule has 0 bridgehead atoms. The third-order valence-electron chi connectivity index (χ3n) is 2.83. The van der Waals surface area contributed by atoms with Gasteiger partial charge in [-0.3, -0.25) is 0 Å². The average molecular weight is 304 g/mol. The van der Waals surface area contributed by atoms with Gasteiger partial charge in [0.25, 0.3) is 0 Å². The zero-order valence-electron chi connectivity index (χ0n) is 12.5. The Morgan fingerprint density at radius 1 is 1.14 bits per heavy atom. The topological polar surface area (TPSA) is 59.1 Å². The van der Waals surface area contributed by atoms with Crippen LogP contribution in [0, 0.1) is 0 Å². The van der Waals surface area contributed by atoms with Crippen molar-refractivity contribution in [2.75, 3.05) is 30.5 Å². The van der Waals surface area contributed by atoms with E-state index < -0.39 is 0 Å².